The number of thioether (sulfide) groups is 1. The SMILES string of the molecule is CC[C@@]1(O)C(=O)OCc2c1cc1n(c2=O)Cc2c-1nc1cc(F)c(C)c3c1c2[C@@H](NC(O)[C@@H](O)C1CC1)CS3. The van der Waals surface area contributed by atoms with Gasteiger partial charge in [-0.15, -0.1) is 11.8 Å². The summed E-state index contributed by atoms with van der Waals surface area (Å²) in [5.74, 6) is -0.639. The molecule has 5 heterocycles. The number of ether oxygens (including phenoxy) is 1. The lowest BCUT2D eigenvalue weighted by Gasteiger charge is -2.32. The first-order valence-electron chi connectivity index (χ1n) is 13.2. The molecule has 1 fully saturated rings. The zero-order chi connectivity index (χ0) is 27.4. The van der Waals surface area contributed by atoms with E-state index in [0.29, 0.717) is 28.2 Å². The van der Waals surface area contributed by atoms with Crippen LogP contribution in [0, 0.1) is 18.7 Å². The lowest BCUT2D eigenvalue weighted by molar-refractivity contribution is -0.172. The molecule has 1 unspecified atom stereocenters. The van der Waals surface area contributed by atoms with Gasteiger partial charge in [-0.2, -0.15) is 0 Å². The average molecular weight is 554 g/mol. The summed E-state index contributed by atoms with van der Waals surface area (Å²) < 4.78 is 21.7. The van der Waals surface area contributed by atoms with Crippen molar-refractivity contribution in [1.82, 2.24) is 14.9 Å². The Bertz CT molecular complexity index is 1650. The quantitative estimate of drug-likeness (QED) is 0.217. The number of carbonyl (C=O) groups is 1. The summed E-state index contributed by atoms with van der Waals surface area (Å²) in [5, 5.41) is 36.5. The fraction of sp³-hybridized carbons (Fsp3) is 0.464. The third-order valence-electron chi connectivity index (χ3n) is 8.70. The molecule has 204 valence electrons. The Kier molecular flexibility index (Phi) is 5.54. The molecule has 4 aliphatic rings. The molecule has 9 nitrogen and oxygen atoms in total. The number of benzene rings is 1. The highest BCUT2D eigenvalue weighted by atomic mass is 32.2. The van der Waals surface area contributed by atoms with E-state index in [1.54, 1.807) is 24.5 Å². The molecule has 4 atom stereocenters. The molecule has 0 radical (unpaired) electrons. The van der Waals surface area contributed by atoms with Gasteiger partial charge in [0.15, 0.2) is 5.60 Å². The van der Waals surface area contributed by atoms with E-state index >= 15 is 4.39 Å². The van der Waals surface area contributed by atoms with Crippen LogP contribution in [0.1, 0.15) is 60.0 Å². The molecule has 7 rings (SSSR count). The van der Waals surface area contributed by atoms with Gasteiger partial charge >= 0.3 is 5.97 Å². The molecule has 0 saturated heterocycles. The molecular weight excluding hydrogens is 525 g/mol. The van der Waals surface area contributed by atoms with Gasteiger partial charge in [0.2, 0.25) is 0 Å². The van der Waals surface area contributed by atoms with E-state index in [2.05, 4.69) is 5.32 Å². The third-order valence-corrected chi connectivity index (χ3v) is 10.0. The second-order valence-corrected chi connectivity index (χ2v) is 12.0. The fourth-order valence-corrected chi connectivity index (χ4v) is 7.53. The van der Waals surface area contributed by atoms with Crippen LogP contribution in [0.5, 0.6) is 0 Å². The molecule has 4 N–H and O–H groups in total. The van der Waals surface area contributed by atoms with Crippen molar-refractivity contribution in [2.45, 2.75) is 75.1 Å². The maximum atomic E-state index is 15.0. The first-order chi connectivity index (χ1) is 18.6. The van der Waals surface area contributed by atoms with Gasteiger partial charge in [-0.1, -0.05) is 6.92 Å². The van der Waals surface area contributed by atoms with Gasteiger partial charge in [-0.05, 0) is 49.3 Å². The number of rotatable bonds is 5. The van der Waals surface area contributed by atoms with Crippen molar-refractivity contribution in [2.24, 2.45) is 5.92 Å². The number of carbonyl (C=O) groups excluding carboxylic acids is 1. The highest BCUT2D eigenvalue weighted by molar-refractivity contribution is 7.99. The number of halogens is 1. The molecule has 1 aliphatic carbocycles. The van der Waals surface area contributed by atoms with Crippen molar-refractivity contribution in [2.75, 3.05) is 5.75 Å². The number of hydrogen-bond donors (Lipinski definition) is 4. The number of aliphatic hydroxyl groups excluding tert-OH is 2. The largest absolute Gasteiger partial charge is 0.458 e. The normalized spacial score (nSPS) is 24.7. The van der Waals surface area contributed by atoms with E-state index in [1.165, 1.54) is 17.8 Å². The van der Waals surface area contributed by atoms with Gasteiger partial charge in [0.05, 0.1) is 35.1 Å². The molecular formula is C28H28FN3O6S. The third kappa shape index (κ3) is 3.50. The van der Waals surface area contributed by atoms with Crippen LogP contribution in [0.25, 0.3) is 22.3 Å². The van der Waals surface area contributed by atoms with Crippen LogP contribution in [0.15, 0.2) is 21.8 Å². The summed E-state index contributed by atoms with van der Waals surface area (Å²) in [6, 6.07) is 2.62. The zero-order valence-corrected chi connectivity index (χ0v) is 22.3. The van der Waals surface area contributed by atoms with Crippen LogP contribution in [-0.4, -0.2) is 48.9 Å². The minimum Gasteiger partial charge on any atom is -0.458 e. The smallest absolute Gasteiger partial charge is 0.343 e. The molecule has 0 amide bonds. The number of fused-ring (bicyclic) bond motifs is 5. The molecule has 11 heteroatoms. The van der Waals surface area contributed by atoms with Gasteiger partial charge in [0, 0.05) is 39.3 Å². The van der Waals surface area contributed by atoms with Gasteiger partial charge in [-0.25, -0.2) is 14.2 Å². The van der Waals surface area contributed by atoms with E-state index in [4.69, 9.17) is 9.72 Å². The van der Waals surface area contributed by atoms with Gasteiger partial charge in [-0.3, -0.25) is 10.1 Å². The van der Waals surface area contributed by atoms with Gasteiger partial charge in [0.25, 0.3) is 5.56 Å². The lowest BCUT2D eigenvalue weighted by atomic mass is 9.86. The fourth-order valence-electron chi connectivity index (χ4n) is 6.26. The number of cyclic esters (lactones) is 1. The number of pyridine rings is 2. The van der Waals surface area contributed by atoms with E-state index < -0.39 is 29.9 Å². The molecule has 1 aromatic carbocycles. The van der Waals surface area contributed by atoms with Crippen LogP contribution < -0.4 is 10.9 Å². The molecule has 39 heavy (non-hydrogen) atoms. The second-order valence-electron chi connectivity index (χ2n) is 11.0. The van der Waals surface area contributed by atoms with Crippen molar-refractivity contribution in [1.29, 1.82) is 0 Å². The highest BCUT2D eigenvalue weighted by Gasteiger charge is 2.46. The average Bonchev–Trinajstić information content (AvgIpc) is 3.71. The van der Waals surface area contributed by atoms with Crippen molar-refractivity contribution in [3.8, 4) is 11.4 Å². The topological polar surface area (TPSA) is 134 Å². The summed E-state index contributed by atoms with van der Waals surface area (Å²) in [5.41, 5.74) is 1.52. The predicted octanol–water partition coefficient (Wildman–Crippen LogP) is 2.35. The van der Waals surface area contributed by atoms with Crippen molar-refractivity contribution >= 4 is 28.6 Å². The standard InChI is InChI=1S/C28H28FN3O6S/c1-3-28(37)15-6-19-22-13(8-32(19)26(35)14(15)9-38-27(28)36)20-18(31-25(34)23(33)12-4-5-12)10-39-24-11(2)16(29)7-17(30-22)21(20)24/h6-7,12,18,23,25,31,33-34,37H,3-5,8-10H2,1-2H3/t18-,23-,25?,28-/m0/s1. The molecule has 3 aliphatic heterocycles. The van der Waals surface area contributed by atoms with Gasteiger partial charge < -0.3 is 24.6 Å². The molecule has 0 spiro atoms. The van der Waals surface area contributed by atoms with Crippen molar-refractivity contribution in [3.63, 3.8) is 0 Å². The lowest BCUT2D eigenvalue weighted by Crippen LogP contribution is -2.44. The predicted molar refractivity (Wildman–Crippen MR) is 141 cm³/mol. The van der Waals surface area contributed by atoms with E-state index in [0.717, 1.165) is 34.3 Å². The molecule has 0 bridgehead atoms. The summed E-state index contributed by atoms with van der Waals surface area (Å²) in [6.07, 6.45) is -0.272. The summed E-state index contributed by atoms with van der Waals surface area (Å²) in [6.45, 7) is 3.33. The summed E-state index contributed by atoms with van der Waals surface area (Å²) in [7, 11) is 0. The number of hydrogen-bond acceptors (Lipinski definition) is 9. The Hall–Kier alpha value is -2.83. The molecule has 2 aromatic heterocycles. The van der Waals surface area contributed by atoms with Crippen molar-refractivity contribution in [3.05, 3.63) is 56.1 Å². The Morgan fingerprint density at radius 3 is 2.77 bits per heavy atom. The van der Waals surface area contributed by atoms with E-state index in [-0.39, 0.29) is 48.0 Å². The summed E-state index contributed by atoms with van der Waals surface area (Å²) >= 11 is 1.47. The van der Waals surface area contributed by atoms with E-state index in [9.17, 15) is 24.9 Å². The Balaban J connectivity index is 1.45. The highest BCUT2D eigenvalue weighted by Crippen LogP contribution is 2.48. The number of esters is 1. The maximum Gasteiger partial charge on any atom is 0.343 e. The minimum atomic E-state index is -1.95. The first kappa shape index (κ1) is 25.2. The summed E-state index contributed by atoms with van der Waals surface area (Å²) in [4.78, 5) is 31.8. The van der Waals surface area contributed by atoms with Crippen LogP contribution in [-0.2, 0) is 28.3 Å². The van der Waals surface area contributed by atoms with Crippen LogP contribution in [0.4, 0.5) is 4.39 Å². The Labute approximate surface area is 227 Å². The van der Waals surface area contributed by atoms with Gasteiger partial charge in [0.1, 0.15) is 18.7 Å². The van der Waals surface area contributed by atoms with Crippen molar-refractivity contribution < 1.29 is 29.2 Å². The first-order valence-corrected chi connectivity index (χ1v) is 14.2. The minimum absolute atomic E-state index is 0.0310. The Morgan fingerprint density at radius 1 is 1.28 bits per heavy atom. The zero-order valence-electron chi connectivity index (χ0n) is 21.5. The second kappa shape index (κ2) is 8.58. The van der Waals surface area contributed by atoms with Crippen LogP contribution in [0.3, 0.4) is 0 Å². The Morgan fingerprint density at radius 2 is 2.05 bits per heavy atom. The maximum absolute atomic E-state index is 15.0. The number of nitrogens with zero attached hydrogens (tertiary/aromatic N) is 2. The van der Waals surface area contributed by atoms with Crippen LogP contribution >= 0.6 is 11.8 Å². The van der Waals surface area contributed by atoms with E-state index in [1.807, 2.05) is 0 Å². The molecule has 3 aromatic rings. The number of aliphatic hydroxyl groups is 3. The molecule has 1 saturated carbocycles. The van der Waals surface area contributed by atoms with Crippen LogP contribution in [0.2, 0.25) is 0 Å². The monoisotopic (exact) mass is 553 g/mol. The number of nitrogens with one attached hydrogen (secondary N) is 1. The number of aromatic nitrogens is 2.